The molecule has 0 spiro atoms. The Morgan fingerprint density at radius 1 is 0.781 bits per heavy atom. The van der Waals surface area contributed by atoms with Crippen molar-refractivity contribution in [3.05, 3.63) is 87.9 Å². The highest BCUT2D eigenvalue weighted by Crippen LogP contribution is 2.30. The zero-order valence-corrected chi connectivity index (χ0v) is 19.3. The van der Waals surface area contributed by atoms with E-state index < -0.39 is 5.97 Å². The van der Waals surface area contributed by atoms with Crippen LogP contribution in [0.15, 0.2) is 71.2 Å². The van der Waals surface area contributed by atoms with Gasteiger partial charge in [0, 0.05) is 10.0 Å². The number of hydrogen-bond acceptors (Lipinski definition) is 6. The van der Waals surface area contributed by atoms with Crippen LogP contribution in [0.4, 0.5) is 0 Å². The van der Waals surface area contributed by atoms with Crippen molar-refractivity contribution in [1.29, 1.82) is 0 Å². The van der Waals surface area contributed by atoms with Crippen LogP contribution in [0.25, 0.3) is 6.08 Å². The molecule has 0 amide bonds. The van der Waals surface area contributed by atoms with E-state index in [1.165, 1.54) is 26.4 Å². The smallest absolute Gasteiger partial charge is 0.343 e. The molecule has 3 aromatic rings. The minimum Gasteiger partial charge on any atom is -0.496 e. The monoisotopic (exact) mass is 496 g/mol. The molecule has 0 saturated carbocycles. The fraction of sp³-hybridized carbons (Fsp3) is 0.120. The van der Waals surface area contributed by atoms with E-state index in [4.69, 9.17) is 18.9 Å². The first kappa shape index (κ1) is 23.1. The van der Waals surface area contributed by atoms with Crippen LogP contribution in [0, 0.1) is 0 Å². The Morgan fingerprint density at radius 3 is 2.19 bits per heavy atom. The summed E-state index contributed by atoms with van der Waals surface area (Å²) in [5.41, 5.74) is 1.25. The lowest BCUT2D eigenvalue weighted by atomic mass is 10.1. The third kappa shape index (κ3) is 5.36. The third-order valence-electron chi connectivity index (χ3n) is 4.58. The summed E-state index contributed by atoms with van der Waals surface area (Å²) >= 11 is 3.36. The van der Waals surface area contributed by atoms with Crippen LogP contribution >= 0.6 is 15.9 Å². The van der Waals surface area contributed by atoms with Crippen molar-refractivity contribution in [2.45, 2.75) is 0 Å². The lowest BCUT2D eigenvalue weighted by molar-refractivity contribution is 0.0732. The van der Waals surface area contributed by atoms with E-state index >= 15 is 0 Å². The molecule has 0 aliphatic heterocycles. The second-order valence-corrected chi connectivity index (χ2v) is 7.45. The van der Waals surface area contributed by atoms with Gasteiger partial charge in [0.1, 0.15) is 11.5 Å². The SMILES string of the molecule is COc1ccccc1C=CC(=O)c1cc(Br)ccc1OC(=O)c1ccc(OC)c(OC)c1. The Kier molecular flexibility index (Phi) is 7.68. The van der Waals surface area contributed by atoms with Crippen LogP contribution in [0.2, 0.25) is 0 Å². The summed E-state index contributed by atoms with van der Waals surface area (Å²) < 4.78 is 21.9. The van der Waals surface area contributed by atoms with E-state index in [2.05, 4.69) is 15.9 Å². The maximum absolute atomic E-state index is 12.9. The van der Waals surface area contributed by atoms with E-state index in [9.17, 15) is 9.59 Å². The Bertz CT molecular complexity index is 1170. The van der Waals surface area contributed by atoms with E-state index in [1.54, 1.807) is 49.6 Å². The summed E-state index contributed by atoms with van der Waals surface area (Å²) in [7, 11) is 4.55. The molecule has 0 unspecified atom stereocenters. The fourth-order valence-corrected chi connectivity index (χ4v) is 3.33. The van der Waals surface area contributed by atoms with Crippen LogP contribution in [-0.4, -0.2) is 33.1 Å². The van der Waals surface area contributed by atoms with Crippen LogP contribution < -0.4 is 18.9 Å². The minimum absolute atomic E-state index is 0.141. The number of para-hydroxylation sites is 1. The Hall–Kier alpha value is -3.58. The number of allylic oxidation sites excluding steroid dienone is 1. The van der Waals surface area contributed by atoms with Gasteiger partial charge in [-0.25, -0.2) is 4.79 Å². The van der Waals surface area contributed by atoms with Crippen molar-refractivity contribution in [2.24, 2.45) is 0 Å². The topological polar surface area (TPSA) is 71.1 Å². The van der Waals surface area contributed by atoms with Crippen molar-refractivity contribution in [1.82, 2.24) is 0 Å². The molecule has 0 N–H and O–H groups in total. The molecule has 164 valence electrons. The summed E-state index contributed by atoms with van der Waals surface area (Å²) in [6.07, 6.45) is 3.06. The van der Waals surface area contributed by atoms with Crippen LogP contribution in [0.5, 0.6) is 23.0 Å². The van der Waals surface area contributed by atoms with Gasteiger partial charge in [-0.05, 0) is 54.6 Å². The van der Waals surface area contributed by atoms with Crippen LogP contribution in [0.1, 0.15) is 26.3 Å². The molecule has 0 aliphatic carbocycles. The molecule has 0 bridgehead atoms. The van der Waals surface area contributed by atoms with E-state index in [0.29, 0.717) is 21.7 Å². The van der Waals surface area contributed by atoms with Gasteiger partial charge in [0.15, 0.2) is 17.3 Å². The molecule has 0 saturated heterocycles. The van der Waals surface area contributed by atoms with Gasteiger partial charge in [-0.15, -0.1) is 0 Å². The average molecular weight is 497 g/mol. The first-order valence-corrected chi connectivity index (χ1v) is 10.3. The van der Waals surface area contributed by atoms with Crippen molar-refractivity contribution in [3.63, 3.8) is 0 Å². The predicted octanol–water partition coefficient (Wildman–Crippen LogP) is 5.59. The maximum atomic E-state index is 12.9. The van der Waals surface area contributed by atoms with Gasteiger partial charge < -0.3 is 18.9 Å². The number of carbonyl (C=O) groups excluding carboxylic acids is 2. The van der Waals surface area contributed by atoms with Gasteiger partial charge in [-0.2, -0.15) is 0 Å². The van der Waals surface area contributed by atoms with Crippen LogP contribution in [0.3, 0.4) is 0 Å². The van der Waals surface area contributed by atoms with Gasteiger partial charge in [-0.1, -0.05) is 34.1 Å². The normalized spacial score (nSPS) is 10.6. The molecule has 32 heavy (non-hydrogen) atoms. The molecular formula is C25H21BrO6. The van der Waals surface area contributed by atoms with Gasteiger partial charge in [-0.3, -0.25) is 4.79 Å². The molecule has 0 aliphatic rings. The summed E-state index contributed by atoms with van der Waals surface area (Å²) in [5.74, 6) is 0.718. The molecule has 0 fully saturated rings. The molecule has 0 aromatic heterocycles. The summed E-state index contributed by atoms with van der Waals surface area (Å²) in [6, 6.07) is 16.9. The summed E-state index contributed by atoms with van der Waals surface area (Å²) in [5, 5.41) is 0. The lowest BCUT2D eigenvalue weighted by Crippen LogP contribution is -2.11. The Morgan fingerprint density at radius 2 is 1.47 bits per heavy atom. The summed E-state index contributed by atoms with van der Waals surface area (Å²) in [4.78, 5) is 25.6. The highest BCUT2D eigenvalue weighted by molar-refractivity contribution is 9.10. The number of halogens is 1. The van der Waals surface area contributed by atoms with Gasteiger partial charge in [0.2, 0.25) is 0 Å². The van der Waals surface area contributed by atoms with Crippen molar-refractivity contribution in [3.8, 4) is 23.0 Å². The van der Waals surface area contributed by atoms with E-state index in [-0.39, 0.29) is 22.7 Å². The highest BCUT2D eigenvalue weighted by atomic mass is 79.9. The standard InChI is InChI=1S/C25H21BrO6/c1-29-21-7-5-4-6-16(21)8-11-20(27)19-15-18(26)10-13-22(19)32-25(28)17-9-12-23(30-2)24(14-17)31-3/h4-15H,1-3H3. The minimum atomic E-state index is -0.629. The van der Waals surface area contributed by atoms with Crippen molar-refractivity contribution in [2.75, 3.05) is 21.3 Å². The molecule has 0 atom stereocenters. The number of ether oxygens (including phenoxy) is 4. The predicted molar refractivity (Wildman–Crippen MR) is 125 cm³/mol. The van der Waals surface area contributed by atoms with Gasteiger partial charge in [0.05, 0.1) is 32.5 Å². The van der Waals surface area contributed by atoms with Crippen molar-refractivity contribution >= 4 is 33.8 Å². The molecular weight excluding hydrogens is 476 g/mol. The number of benzene rings is 3. The Labute approximate surface area is 194 Å². The zero-order chi connectivity index (χ0) is 23.1. The lowest BCUT2D eigenvalue weighted by Gasteiger charge is -2.11. The molecule has 3 aromatic carbocycles. The van der Waals surface area contributed by atoms with Gasteiger partial charge in [0.25, 0.3) is 0 Å². The van der Waals surface area contributed by atoms with E-state index in [1.807, 2.05) is 18.2 Å². The second kappa shape index (κ2) is 10.6. The fourth-order valence-electron chi connectivity index (χ4n) is 2.97. The van der Waals surface area contributed by atoms with E-state index in [0.717, 1.165) is 5.56 Å². The summed E-state index contributed by atoms with van der Waals surface area (Å²) in [6.45, 7) is 0. The van der Waals surface area contributed by atoms with Crippen LogP contribution in [-0.2, 0) is 0 Å². The number of hydrogen-bond donors (Lipinski definition) is 0. The molecule has 0 heterocycles. The zero-order valence-electron chi connectivity index (χ0n) is 17.8. The molecule has 7 heteroatoms. The number of ketones is 1. The largest absolute Gasteiger partial charge is 0.496 e. The average Bonchev–Trinajstić information content (AvgIpc) is 2.83. The number of carbonyl (C=O) groups is 2. The molecule has 6 nitrogen and oxygen atoms in total. The number of esters is 1. The number of rotatable bonds is 8. The maximum Gasteiger partial charge on any atom is 0.343 e. The molecule has 3 rings (SSSR count). The second-order valence-electron chi connectivity index (χ2n) is 6.54. The quantitative estimate of drug-likeness (QED) is 0.175. The van der Waals surface area contributed by atoms with Gasteiger partial charge >= 0.3 is 5.97 Å². The highest BCUT2D eigenvalue weighted by Gasteiger charge is 2.17. The molecule has 0 radical (unpaired) electrons. The first-order chi connectivity index (χ1) is 15.5. The number of methoxy groups -OCH3 is 3. The van der Waals surface area contributed by atoms with Crippen molar-refractivity contribution < 1.29 is 28.5 Å². The third-order valence-corrected chi connectivity index (χ3v) is 5.08. The first-order valence-electron chi connectivity index (χ1n) is 9.56. The Balaban J connectivity index is 1.87.